The number of hydrogen-bond acceptors (Lipinski definition) is 4. The fourth-order valence-corrected chi connectivity index (χ4v) is 3.74. The van der Waals surface area contributed by atoms with Gasteiger partial charge in [0.15, 0.2) is 0 Å². The molecule has 6 nitrogen and oxygen atoms in total. The summed E-state index contributed by atoms with van der Waals surface area (Å²) < 4.78 is 53.0. The number of aromatic nitrogens is 1. The maximum absolute atomic E-state index is 13.5. The highest BCUT2D eigenvalue weighted by molar-refractivity contribution is 6.33. The van der Waals surface area contributed by atoms with Crippen LogP contribution < -0.4 is 16.6 Å². The number of carbonyl (C=O) groups is 1. The van der Waals surface area contributed by atoms with Gasteiger partial charge in [-0.3, -0.25) is 14.5 Å². The van der Waals surface area contributed by atoms with Crippen molar-refractivity contribution in [3.8, 4) is 0 Å². The number of alkyl halides is 3. The van der Waals surface area contributed by atoms with Crippen LogP contribution in [0.5, 0.6) is 0 Å². The second-order valence-electron chi connectivity index (χ2n) is 7.50. The predicted octanol–water partition coefficient (Wildman–Crippen LogP) is 3.41. The number of nitrogens with two attached hydrogens (primary N) is 1. The van der Waals surface area contributed by atoms with Gasteiger partial charge in [-0.2, -0.15) is 13.2 Å². The van der Waals surface area contributed by atoms with E-state index in [1.807, 2.05) is 4.90 Å². The Hall–Kier alpha value is -2.59. The lowest BCUT2D eigenvalue weighted by atomic mass is 9.95. The molecule has 0 spiro atoms. The Bertz CT molecular complexity index is 1020. The number of aromatic amines is 1. The maximum Gasteiger partial charge on any atom is 0.416 e. The number of benzene rings is 1. The first-order valence-corrected chi connectivity index (χ1v) is 9.97. The van der Waals surface area contributed by atoms with Crippen LogP contribution in [-0.4, -0.2) is 35.4 Å². The van der Waals surface area contributed by atoms with Gasteiger partial charge in [-0.05, 0) is 61.7 Å². The SMILES string of the molecule is Nc1[nH]c(=O)c(C(=O)NCC2CCN(Cc3cc(F)ccc3C(F)(F)F)CC2)cc1Cl. The van der Waals surface area contributed by atoms with Crippen molar-refractivity contribution in [3.63, 3.8) is 0 Å². The molecule has 0 aliphatic carbocycles. The summed E-state index contributed by atoms with van der Waals surface area (Å²) in [7, 11) is 0. The molecule has 4 N–H and O–H groups in total. The number of amides is 1. The monoisotopic (exact) mass is 460 g/mol. The van der Waals surface area contributed by atoms with Gasteiger partial charge in [0.05, 0.1) is 10.6 Å². The number of hydrogen-bond donors (Lipinski definition) is 3. The van der Waals surface area contributed by atoms with Crippen molar-refractivity contribution in [2.24, 2.45) is 5.92 Å². The molecule has 1 aromatic carbocycles. The van der Waals surface area contributed by atoms with Gasteiger partial charge in [0.2, 0.25) is 0 Å². The van der Waals surface area contributed by atoms with Gasteiger partial charge in [-0.1, -0.05) is 11.6 Å². The maximum atomic E-state index is 13.5. The number of anilines is 1. The molecule has 0 saturated carbocycles. The Morgan fingerprint density at radius 3 is 2.58 bits per heavy atom. The highest BCUT2D eigenvalue weighted by Gasteiger charge is 2.34. The van der Waals surface area contributed by atoms with Crippen molar-refractivity contribution in [2.75, 3.05) is 25.4 Å². The minimum Gasteiger partial charge on any atom is -0.384 e. The van der Waals surface area contributed by atoms with Gasteiger partial charge in [0.1, 0.15) is 17.2 Å². The van der Waals surface area contributed by atoms with E-state index in [4.69, 9.17) is 17.3 Å². The predicted molar refractivity (Wildman–Crippen MR) is 108 cm³/mol. The number of nitrogens with zero attached hydrogens (tertiary/aromatic N) is 1. The van der Waals surface area contributed by atoms with Crippen molar-refractivity contribution < 1.29 is 22.4 Å². The minimum atomic E-state index is -4.55. The second kappa shape index (κ2) is 9.27. The van der Waals surface area contributed by atoms with E-state index in [9.17, 15) is 27.2 Å². The van der Waals surface area contributed by atoms with E-state index in [0.717, 1.165) is 18.2 Å². The average molecular weight is 461 g/mol. The van der Waals surface area contributed by atoms with Gasteiger partial charge < -0.3 is 16.0 Å². The van der Waals surface area contributed by atoms with Crippen LogP contribution in [0.4, 0.5) is 23.4 Å². The van der Waals surface area contributed by atoms with E-state index in [-0.39, 0.29) is 34.4 Å². The Balaban J connectivity index is 1.54. The number of likely N-dealkylation sites (tertiary alicyclic amines) is 1. The molecular weight excluding hydrogens is 440 g/mol. The van der Waals surface area contributed by atoms with Crippen molar-refractivity contribution in [3.05, 3.63) is 62.1 Å². The van der Waals surface area contributed by atoms with Crippen LogP contribution in [0.3, 0.4) is 0 Å². The summed E-state index contributed by atoms with van der Waals surface area (Å²) in [6.45, 7) is 1.30. The normalized spacial score (nSPS) is 15.8. The number of nitrogens with one attached hydrogen (secondary N) is 2. The standard InChI is InChI=1S/C20H21ClF4N4O2/c21-16-8-14(19(31)28-17(16)26)18(30)27-9-11-3-5-29(6-4-11)10-12-7-13(22)1-2-15(12)20(23,24)25/h1-2,7-8,11H,3-6,9-10H2,(H,27,30)(H3,26,28,31). The van der Waals surface area contributed by atoms with Crippen LogP contribution in [0.15, 0.2) is 29.1 Å². The van der Waals surface area contributed by atoms with Crippen LogP contribution >= 0.6 is 11.6 Å². The van der Waals surface area contributed by atoms with Crippen LogP contribution in [-0.2, 0) is 12.7 Å². The van der Waals surface area contributed by atoms with E-state index >= 15 is 0 Å². The Kier molecular flexibility index (Phi) is 6.90. The first kappa shape index (κ1) is 23.1. The Morgan fingerprint density at radius 2 is 1.94 bits per heavy atom. The third-order valence-corrected chi connectivity index (χ3v) is 5.60. The fraction of sp³-hybridized carbons (Fsp3) is 0.400. The zero-order valence-electron chi connectivity index (χ0n) is 16.4. The molecule has 2 aromatic rings. The van der Waals surface area contributed by atoms with Gasteiger partial charge in [-0.25, -0.2) is 4.39 Å². The number of nitrogen functional groups attached to an aromatic ring is 1. The van der Waals surface area contributed by atoms with Gasteiger partial charge in [-0.15, -0.1) is 0 Å². The van der Waals surface area contributed by atoms with Crippen molar-refractivity contribution >= 4 is 23.3 Å². The summed E-state index contributed by atoms with van der Waals surface area (Å²) in [5.41, 5.74) is 3.75. The third kappa shape index (κ3) is 5.76. The lowest BCUT2D eigenvalue weighted by molar-refractivity contribution is -0.138. The lowest BCUT2D eigenvalue weighted by Gasteiger charge is -2.32. The molecule has 1 fully saturated rings. The Labute approximate surface area is 180 Å². The van der Waals surface area contributed by atoms with E-state index in [1.165, 1.54) is 6.07 Å². The molecule has 168 valence electrons. The zero-order chi connectivity index (χ0) is 22.8. The number of rotatable bonds is 5. The van der Waals surface area contributed by atoms with Crippen molar-refractivity contribution in [2.45, 2.75) is 25.6 Å². The molecule has 0 radical (unpaired) electrons. The number of pyridine rings is 1. The number of H-pyrrole nitrogens is 1. The largest absolute Gasteiger partial charge is 0.416 e. The van der Waals surface area contributed by atoms with Crippen LogP contribution in [0, 0.1) is 11.7 Å². The second-order valence-corrected chi connectivity index (χ2v) is 7.91. The smallest absolute Gasteiger partial charge is 0.384 e. The number of carbonyl (C=O) groups excluding carboxylic acids is 1. The molecule has 0 bridgehead atoms. The topological polar surface area (TPSA) is 91.2 Å². The third-order valence-electron chi connectivity index (χ3n) is 5.29. The molecule has 1 aliphatic rings. The van der Waals surface area contributed by atoms with E-state index in [0.29, 0.717) is 32.5 Å². The number of piperidine rings is 1. The lowest BCUT2D eigenvalue weighted by Crippen LogP contribution is -2.39. The highest BCUT2D eigenvalue weighted by atomic mass is 35.5. The molecule has 31 heavy (non-hydrogen) atoms. The van der Waals surface area contributed by atoms with Crippen molar-refractivity contribution in [1.29, 1.82) is 0 Å². The minimum absolute atomic E-state index is 0.00893. The number of halogens is 5. The molecule has 1 aliphatic heterocycles. The molecule has 1 amide bonds. The fourth-order valence-electron chi connectivity index (χ4n) is 3.58. The summed E-state index contributed by atoms with van der Waals surface area (Å²) in [5.74, 6) is -1.22. The average Bonchev–Trinajstić information content (AvgIpc) is 2.69. The molecule has 3 rings (SSSR count). The zero-order valence-corrected chi connectivity index (χ0v) is 17.1. The van der Waals surface area contributed by atoms with Gasteiger partial charge >= 0.3 is 6.18 Å². The summed E-state index contributed by atoms with van der Waals surface area (Å²) in [5, 5.41) is 2.75. The summed E-state index contributed by atoms with van der Waals surface area (Å²) in [6, 6.07) is 3.69. The van der Waals surface area contributed by atoms with Crippen molar-refractivity contribution in [1.82, 2.24) is 15.2 Å². The van der Waals surface area contributed by atoms with Gasteiger partial charge in [0, 0.05) is 13.1 Å². The van der Waals surface area contributed by atoms with Crippen LogP contribution in [0.2, 0.25) is 5.02 Å². The quantitative estimate of drug-likeness (QED) is 0.596. The highest BCUT2D eigenvalue weighted by Crippen LogP contribution is 2.33. The molecule has 0 unspecified atom stereocenters. The molecule has 2 heterocycles. The van der Waals surface area contributed by atoms with E-state index in [1.54, 1.807) is 0 Å². The summed E-state index contributed by atoms with van der Waals surface area (Å²) >= 11 is 5.84. The molecule has 1 saturated heterocycles. The molecule has 0 atom stereocenters. The molecular formula is C20H21ClF4N4O2. The first-order valence-electron chi connectivity index (χ1n) is 9.59. The van der Waals surface area contributed by atoms with Gasteiger partial charge in [0.25, 0.3) is 11.5 Å². The van der Waals surface area contributed by atoms with E-state index < -0.39 is 29.0 Å². The summed E-state index contributed by atoms with van der Waals surface area (Å²) in [4.78, 5) is 28.2. The Morgan fingerprint density at radius 1 is 1.26 bits per heavy atom. The van der Waals surface area contributed by atoms with Crippen LogP contribution in [0.1, 0.15) is 34.3 Å². The molecule has 11 heteroatoms. The first-order chi connectivity index (χ1) is 14.5. The van der Waals surface area contributed by atoms with E-state index in [2.05, 4.69) is 10.3 Å². The molecule has 1 aromatic heterocycles. The summed E-state index contributed by atoms with van der Waals surface area (Å²) in [6.07, 6.45) is -3.28. The van der Waals surface area contributed by atoms with Crippen LogP contribution in [0.25, 0.3) is 0 Å².